The van der Waals surface area contributed by atoms with Gasteiger partial charge in [-0.25, -0.2) is 0 Å². The normalized spacial score (nSPS) is 33.7. The Kier molecular flexibility index (Phi) is 11.9. The molecule has 0 spiro atoms. The Morgan fingerprint density at radius 3 is 1.48 bits per heavy atom. The molecule has 0 heterocycles. The van der Waals surface area contributed by atoms with E-state index < -0.39 is 5.97 Å². The molecule has 0 aromatic heterocycles. The molecule has 2 nitrogen and oxygen atoms in total. The summed E-state index contributed by atoms with van der Waals surface area (Å²) in [5, 5.41) is 9.57. The fraction of sp³-hybridized carbons (Fsp3) is 0.964. The smallest absolute Gasteiger partial charge is 0.306 e. The van der Waals surface area contributed by atoms with Crippen LogP contribution in [0.4, 0.5) is 0 Å². The fourth-order valence-electron chi connectivity index (χ4n) is 7.33. The minimum atomic E-state index is -0.541. The molecule has 3 aliphatic rings. The van der Waals surface area contributed by atoms with Gasteiger partial charge in [-0.2, -0.15) is 0 Å². The van der Waals surface area contributed by atoms with Crippen LogP contribution in [0.1, 0.15) is 141 Å². The first-order valence-corrected chi connectivity index (χ1v) is 14.4. The van der Waals surface area contributed by atoms with Gasteiger partial charge in [-0.3, -0.25) is 4.79 Å². The molecule has 3 rings (SSSR count). The lowest BCUT2D eigenvalue weighted by molar-refractivity contribution is -0.142. The molecule has 0 saturated heterocycles. The first-order chi connectivity index (χ1) is 15.2. The Morgan fingerprint density at radius 2 is 0.903 bits per heavy atom. The lowest BCUT2D eigenvalue weighted by Gasteiger charge is -2.32. The Bertz CT molecular complexity index is 473. The predicted octanol–water partition coefficient (Wildman–Crippen LogP) is 8.56. The summed E-state index contributed by atoms with van der Waals surface area (Å²) in [4.78, 5) is 11.6. The van der Waals surface area contributed by atoms with Gasteiger partial charge < -0.3 is 5.11 Å². The summed E-state index contributed by atoms with van der Waals surface area (Å²) in [5.74, 6) is 3.13. The Hall–Kier alpha value is -0.465. The zero-order valence-electron chi connectivity index (χ0n) is 20.5. The van der Waals surface area contributed by atoms with Crippen molar-refractivity contribution in [3.8, 4) is 0 Å². The zero-order valence-corrected chi connectivity index (χ0v) is 20.5. The first kappa shape index (κ1) is 25.2. The van der Waals surface area contributed by atoms with Crippen LogP contribution in [0.2, 0.25) is 11.6 Å². The van der Waals surface area contributed by atoms with Crippen LogP contribution in [-0.4, -0.2) is 18.4 Å². The van der Waals surface area contributed by atoms with Gasteiger partial charge in [-0.15, -0.1) is 0 Å². The maximum atomic E-state index is 11.6. The minimum Gasteiger partial charge on any atom is -0.481 e. The quantitative estimate of drug-likeness (QED) is 0.454. The molecule has 3 heteroatoms. The van der Waals surface area contributed by atoms with Crippen LogP contribution < -0.4 is 0 Å². The van der Waals surface area contributed by atoms with Crippen LogP contribution in [0.15, 0.2) is 0 Å². The third-order valence-corrected chi connectivity index (χ3v) is 9.30. The molecule has 0 aromatic carbocycles. The molecule has 3 aliphatic carbocycles. The molecule has 2 atom stereocenters. The second-order valence-electron chi connectivity index (χ2n) is 11.7. The summed E-state index contributed by atoms with van der Waals surface area (Å²) < 4.78 is 0. The predicted molar refractivity (Wildman–Crippen MR) is 134 cm³/mol. The number of carboxylic acid groups (broad SMARTS) is 1. The number of carboxylic acids is 1. The summed E-state index contributed by atoms with van der Waals surface area (Å²) in [6.07, 6.45) is 30.1. The summed E-state index contributed by atoms with van der Waals surface area (Å²) in [5.41, 5.74) is 0. The molecule has 2 unspecified atom stereocenters. The SMILES string of the molecule is O=C(O)C1CCCCCCC(BC2CCCC(C3CCCCCCCC3)CCC2)CC1. The van der Waals surface area contributed by atoms with Crippen LogP contribution in [0.25, 0.3) is 0 Å². The Morgan fingerprint density at radius 1 is 0.484 bits per heavy atom. The number of aliphatic carboxylic acids is 1. The van der Waals surface area contributed by atoms with Crippen molar-refractivity contribution in [2.24, 2.45) is 17.8 Å². The van der Waals surface area contributed by atoms with Crippen molar-refractivity contribution in [2.75, 3.05) is 0 Å². The van der Waals surface area contributed by atoms with Gasteiger partial charge in [0.1, 0.15) is 7.28 Å². The van der Waals surface area contributed by atoms with Crippen molar-refractivity contribution >= 4 is 13.2 Å². The first-order valence-electron chi connectivity index (χ1n) is 14.4. The summed E-state index contributed by atoms with van der Waals surface area (Å²) >= 11 is 0. The molecular weight excluding hydrogens is 379 g/mol. The van der Waals surface area contributed by atoms with Gasteiger partial charge in [0.05, 0.1) is 5.92 Å². The van der Waals surface area contributed by atoms with Crippen molar-refractivity contribution in [3.05, 3.63) is 0 Å². The van der Waals surface area contributed by atoms with E-state index in [1.54, 1.807) is 0 Å². The molecular formula is C28H51BO2. The maximum absolute atomic E-state index is 11.6. The molecule has 0 aromatic rings. The van der Waals surface area contributed by atoms with Gasteiger partial charge in [0, 0.05) is 0 Å². The van der Waals surface area contributed by atoms with Crippen LogP contribution in [0, 0.1) is 17.8 Å². The molecule has 0 amide bonds. The van der Waals surface area contributed by atoms with Gasteiger partial charge in [-0.1, -0.05) is 140 Å². The molecule has 3 saturated carbocycles. The molecule has 0 aliphatic heterocycles. The fourth-order valence-corrected chi connectivity index (χ4v) is 7.33. The van der Waals surface area contributed by atoms with Crippen LogP contribution in [0.3, 0.4) is 0 Å². The molecule has 0 bridgehead atoms. The highest BCUT2D eigenvalue weighted by molar-refractivity contribution is 6.39. The van der Waals surface area contributed by atoms with Gasteiger partial charge in [-0.05, 0) is 24.7 Å². The molecule has 1 N–H and O–H groups in total. The second kappa shape index (κ2) is 14.6. The van der Waals surface area contributed by atoms with E-state index in [9.17, 15) is 9.90 Å². The van der Waals surface area contributed by atoms with Crippen molar-refractivity contribution in [2.45, 2.75) is 153 Å². The topological polar surface area (TPSA) is 37.3 Å². The highest BCUT2D eigenvalue weighted by Gasteiger charge is 2.27. The van der Waals surface area contributed by atoms with Gasteiger partial charge in [0.25, 0.3) is 0 Å². The van der Waals surface area contributed by atoms with Gasteiger partial charge in [0.15, 0.2) is 0 Å². The van der Waals surface area contributed by atoms with Crippen molar-refractivity contribution in [3.63, 3.8) is 0 Å². The van der Waals surface area contributed by atoms with E-state index in [0.29, 0.717) is 0 Å². The monoisotopic (exact) mass is 430 g/mol. The lowest BCUT2D eigenvalue weighted by atomic mass is 9.49. The van der Waals surface area contributed by atoms with Crippen molar-refractivity contribution in [1.29, 1.82) is 0 Å². The van der Waals surface area contributed by atoms with E-state index in [2.05, 4.69) is 0 Å². The van der Waals surface area contributed by atoms with E-state index >= 15 is 0 Å². The zero-order chi connectivity index (χ0) is 21.7. The van der Waals surface area contributed by atoms with Crippen molar-refractivity contribution < 1.29 is 9.90 Å². The highest BCUT2D eigenvalue weighted by atomic mass is 16.4. The van der Waals surface area contributed by atoms with Crippen LogP contribution in [0.5, 0.6) is 0 Å². The average molecular weight is 431 g/mol. The third kappa shape index (κ3) is 9.51. The van der Waals surface area contributed by atoms with Crippen LogP contribution in [-0.2, 0) is 4.79 Å². The largest absolute Gasteiger partial charge is 0.481 e. The van der Waals surface area contributed by atoms with E-state index in [0.717, 1.165) is 49.2 Å². The minimum absolute atomic E-state index is 0.0772. The summed E-state index contributed by atoms with van der Waals surface area (Å²) in [6, 6.07) is 0. The summed E-state index contributed by atoms with van der Waals surface area (Å²) in [6.45, 7) is 0. The van der Waals surface area contributed by atoms with E-state index in [1.165, 1.54) is 123 Å². The number of rotatable bonds is 4. The van der Waals surface area contributed by atoms with Crippen LogP contribution >= 0.6 is 0 Å². The van der Waals surface area contributed by atoms with E-state index in [-0.39, 0.29) is 5.92 Å². The van der Waals surface area contributed by atoms with Crippen molar-refractivity contribution in [1.82, 2.24) is 0 Å². The molecule has 178 valence electrons. The third-order valence-electron chi connectivity index (χ3n) is 9.30. The Labute approximate surface area is 194 Å². The maximum Gasteiger partial charge on any atom is 0.306 e. The van der Waals surface area contributed by atoms with E-state index in [1.807, 2.05) is 0 Å². The second-order valence-corrected chi connectivity index (χ2v) is 11.7. The highest BCUT2D eigenvalue weighted by Crippen LogP contribution is 2.39. The number of hydrogen-bond acceptors (Lipinski definition) is 1. The van der Waals surface area contributed by atoms with Gasteiger partial charge in [0.2, 0.25) is 0 Å². The van der Waals surface area contributed by atoms with Gasteiger partial charge >= 0.3 is 5.97 Å². The van der Waals surface area contributed by atoms with E-state index in [4.69, 9.17) is 0 Å². The molecule has 0 radical (unpaired) electrons. The lowest BCUT2D eigenvalue weighted by Crippen LogP contribution is -2.21. The Balaban J connectivity index is 1.44. The number of hydrogen-bond donors (Lipinski definition) is 1. The standard InChI is InChI=1S/C28H51BO2/c30-28(31)25-15-9-5-6-10-18-27(22-21-25)29-26-19-11-16-24(17-12-20-26)23-13-7-3-1-2-4-8-14-23/h23-27,29H,1-22H2,(H,30,31). The molecule has 3 fully saturated rings. The average Bonchev–Trinajstić information content (AvgIpc) is 2.88. The number of carbonyl (C=O) groups is 1. The summed E-state index contributed by atoms with van der Waals surface area (Å²) in [7, 11) is 1.39. The molecule has 31 heavy (non-hydrogen) atoms.